The number of hydrogen-bond acceptors (Lipinski definition) is 3. The molecule has 0 atom stereocenters. The van der Waals surface area contributed by atoms with E-state index < -0.39 is 0 Å². The van der Waals surface area contributed by atoms with E-state index in [0.29, 0.717) is 0 Å². The van der Waals surface area contributed by atoms with Gasteiger partial charge in [0.1, 0.15) is 0 Å². The van der Waals surface area contributed by atoms with Crippen molar-refractivity contribution in [1.82, 2.24) is 9.78 Å². The van der Waals surface area contributed by atoms with Crippen molar-refractivity contribution >= 4 is 11.8 Å². The molecule has 0 aliphatic heterocycles. The summed E-state index contributed by atoms with van der Waals surface area (Å²) in [6.45, 7) is 2.88. The number of rotatable bonds is 5. The van der Waals surface area contributed by atoms with Gasteiger partial charge in [-0.1, -0.05) is 6.92 Å². The van der Waals surface area contributed by atoms with E-state index in [9.17, 15) is 0 Å². The molecule has 1 heterocycles. The van der Waals surface area contributed by atoms with E-state index in [1.807, 2.05) is 23.5 Å². The van der Waals surface area contributed by atoms with Gasteiger partial charge in [0.25, 0.3) is 0 Å². The summed E-state index contributed by atoms with van der Waals surface area (Å²) in [6, 6.07) is 2.17. The highest BCUT2D eigenvalue weighted by Gasteiger charge is 2.02. The van der Waals surface area contributed by atoms with Gasteiger partial charge >= 0.3 is 0 Å². The Morgan fingerprint density at radius 3 is 2.92 bits per heavy atom. The zero-order valence-corrected chi connectivity index (χ0v) is 9.10. The molecule has 0 bridgehead atoms. The molecule has 13 heavy (non-hydrogen) atoms. The average molecular weight is 199 g/mol. The van der Waals surface area contributed by atoms with Crippen molar-refractivity contribution in [1.29, 1.82) is 0 Å². The predicted octanol–water partition coefficient (Wildman–Crippen LogP) is 1.17. The molecule has 0 aliphatic carbocycles. The Kier molecular flexibility index (Phi) is 4.32. The van der Waals surface area contributed by atoms with Crippen LogP contribution >= 0.6 is 11.8 Å². The minimum absolute atomic E-state index is 0.753. The van der Waals surface area contributed by atoms with Gasteiger partial charge in [0.2, 0.25) is 0 Å². The number of aryl methyl sites for hydroxylation is 2. The van der Waals surface area contributed by atoms with E-state index in [4.69, 9.17) is 5.73 Å². The molecule has 0 radical (unpaired) electrons. The van der Waals surface area contributed by atoms with Crippen LogP contribution in [0.15, 0.2) is 6.07 Å². The maximum atomic E-state index is 5.42. The van der Waals surface area contributed by atoms with Crippen LogP contribution in [0.2, 0.25) is 0 Å². The number of nitrogens with two attached hydrogens (primary N) is 1. The second-order valence-electron chi connectivity index (χ2n) is 2.95. The monoisotopic (exact) mass is 199 g/mol. The first-order chi connectivity index (χ1) is 6.27. The maximum Gasteiger partial charge on any atom is 0.0624 e. The van der Waals surface area contributed by atoms with Gasteiger partial charge in [0.15, 0.2) is 0 Å². The summed E-state index contributed by atoms with van der Waals surface area (Å²) in [5, 5.41) is 4.38. The lowest BCUT2D eigenvalue weighted by molar-refractivity contribution is 0.720. The Bertz CT molecular complexity index is 257. The third-order valence-electron chi connectivity index (χ3n) is 1.90. The molecule has 4 heteroatoms. The largest absolute Gasteiger partial charge is 0.330 e. The molecule has 1 aromatic rings. The second kappa shape index (κ2) is 5.29. The molecular formula is C9H17N3S. The van der Waals surface area contributed by atoms with Gasteiger partial charge in [-0.2, -0.15) is 16.9 Å². The van der Waals surface area contributed by atoms with Crippen molar-refractivity contribution in [2.75, 3.05) is 12.3 Å². The van der Waals surface area contributed by atoms with E-state index >= 15 is 0 Å². The van der Waals surface area contributed by atoms with Gasteiger partial charge in [-0.3, -0.25) is 4.68 Å². The number of aromatic nitrogens is 2. The van der Waals surface area contributed by atoms with Crippen LogP contribution in [0.5, 0.6) is 0 Å². The fourth-order valence-corrected chi connectivity index (χ4v) is 1.93. The highest BCUT2D eigenvalue weighted by atomic mass is 32.2. The van der Waals surface area contributed by atoms with Gasteiger partial charge in [-0.15, -0.1) is 0 Å². The fourth-order valence-electron chi connectivity index (χ4n) is 1.14. The minimum atomic E-state index is 0.753. The SMILES string of the molecule is CCc1cc(CSCCN)n(C)n1. The maximum absolute atomic E-state index is 5.42. The number of nitrogens with zero attached hydrogens (tertiary/aromatic N) is 2. The summed E-state index contributed by atoms with van der Waals surface area (Å²) in [7, 11) is 2.00. The summed E-state index contributed by atoms with van der Waals surface area (Å²) in [5.74, 6) is 2.04. The van der Waals surface area contributed by atoms with Crippen molar-refractivity contribution in [3.8, 4) is 0 Å². The molecule has 0 fully saturated rings. The third-order valence-corrected chi connectivity index (χ3v) is 2.93. The van der Waals surface area contributed by atoms with E-state index in [-0.39, 0.29) is 0 Å². The Hall–Kier alpha value is -0.480. The molecule has 2 N–H and O–H groups in total. The predicted molar refractivity (Wildman–Crippen MR) is 57.8 cm³/mol. The Morgan fingerprint density at radius 1 is 1.62 bits per heavy atom. The summed E-state index contributed by atoms with van der Waals surface area (Å²) < 4.78 is 1.96. The van der Waals surface area contributed by atoms with E-state index in [1.165, 1.54) is 11.4 Å². The Labute approximate surface area is 83.7 Å². The van der Waals surface area contributed by atoms with Crippen LogP contribution in [0.25, 0.3) is 0 Å². The Balaban J connectivity index is 2.50. The molecule has 0 amide bonds. The first-order valence-corrected chi connectivity index (χ1v) is 5.73. The highest BCUT2D eigenvalue weighted by Crippen LogP contribution is 2.12. The van der Waals surface area contributed by atoms with Crippen LogP contribution < -0.4 is 5.73 Å². The average Bonchev–Trinajstić information content (AvgIpc) is 2.48. The van der Waals surface area contributed by atoms with Crippen molar-refractivity contribution in [3.05, 3.63) is 17.5 Å². The summed E-state index contributed by atoms with van der Waals surface area (Å²) in [6.07, 6.45) is 1.01. The molecule has 3 nitrogen and oxygen atoms in total. The topological polar surface area (TPSA) is 43.8 Å². The molecule has 74 valence electrons. The molecule has 1 rings (SSSR count). The van der Waals surface area contributed by atoms with Crippen molar-refractivity contribution < 1.29 is 0 Å². The van der Waals surface area contributed by atoms with Crippen molar-refractivity contribution in [2.24, 2.45) is 12.8 Å². The zero-order chi connectivity index (χ0) is 9.68. The lowest BCUT2D eigenvalue weighted by atomic mass is 10.3. The van der Waals surface area contributed by atoms with Crippen LogP contribution in [0, 0.1) is 0 Å². The molecule has 0 spiro atoms. The molecule has 0 saturated carbocycles. The van der Waals surface area contributed by atoms with E-state index in [0.717, 1.165) is 24.5 Å². The van der Waals surface area contributed by atoms with Gasteiger partial charge in [-0.05, 0) is 12.5 Å². The molecule has 0 saturated heterocycles. The lowest BCUT2D eigenvalue weighted by Gasteiger charge is -1.99. The van der Waals surface area contributed by atoms with Crippen LogP contribution in [0.3, 0.4) is 0 Å². The normalized spacial score (nSPS) is 10.7. The molecular weight excluding hydrogens is 182 g/mol. The zero-order valence-electron chi connectivity index (χ0n) is 8.29. The second-order valence-corrected chi connectivity index (χ2v) is 4.05. The van der Waals surface area contributed by atoms with Crippen LogP contribution in [-0.4, -0.2) is 22.1 Å². The molecule has 0 unspecified atom stereocenters. The molecule has 1 aromatic heterocycles. The first kappa shape index (κ1) is 10.6. The summed E-state index contributed by atoms with van der Waals surface area (Å²) in [4.78, 5) is 0. The van der Waals surface area contributed by atoms with E-state index in [1.54, 1.807) is 0 Å². The number of hydrogen-bond donors (Lipinski definition) is 1. The standard InChI is InChI=1S/C9H17N3S/c1-3-8-6-9(12(2)11-8)7-13-5-4-10/h6H,3-5,7,10H2,1-2H3. The van der Waals surface area contributed by atoms with Gasteiger partial charge in [-0.25, -0.2) is 0 Å². The van der Waals surface area contributed by atoms with Gasteiger partial charge in [0, 0.05) is 30.8 Å². The number of thioether (sulfide) groups is 1. The first-order valence-electron chi connectivity index (χ1n) is 4.57. The molecule has 0 aromatic carbocycles. The lowest BCUT2D eigenvalue weighted by Crippen LogP contribution is -2.02. The third kappa shape index (κ3) is 3.04. The van der Waals surface area contributed by atoms with Gasteiger partial charge in [0.05, 0.1) is 5.69 Å². The highest BCUT2D eigenvalue weighted by molar-refractivity contribution is 7.98. The quantitative estimate of drug-likeness (QED) is 0.724. The van der Waals surface area contributed by atoms with Crippen LogP contribution in [0.4, 0.5) is 0 Å². The van der Waals surface area contributed by atoms with Crippen molar-refractivity contribution in [2.45, 2.75) is 19.1 Å². The Morgan fingerprint density at radius 2 is 2.38 bits per heavy atom. The fraction of sp³-hybridized carbons (Fsp3) is 0.667. The van der Waals surface area contributed by atoms with Crippen LogP contribution in [0.1, 0.15) is 18.3 Å². The summed E-state index contributed by atoms with van der Waals surface area (Å²) in [5.41, 5.74) is 7.88. The minimum Gasteiger partial charge on any atom is -0.330 e. The van der Waals surface area contributed by atoms with Crippen molar-refractivity contribution in [3.63, 3.8) is 0 Å². The summed E-state index contributed by atoms with van der Waals surface area (Å²) >= 11 is 1.86. The van der Waals surface area contributed by atoms with Crippen LogP contribution in [-0.2, 0) is 19.2 Å². The van der Waals surface area contributed by atoms with Gasteiger partial charge < -0.3 is 5.73 Å². The molecule has 0 aliphatic rings. The smallest absolute Gasteiger partial charge is 0.0624 e. The van der Waals surface area contributed by atoms with E-state index in [2.05, 4.69) is 18.1 Å².